The number of fused-ring (bicyclic) bond motifs is 5. The van der Waals surface area contributed by atoms with Crippen molar-refractivity contribution in [2.24, 2.45) is 45.8 Å². The molecule has 31 heavy (non-hydrogen) atoms. The van der Waals surface area contributed by atoms with Gasteiger partial charge in [-0.25, -0.2) is 0 Å². The third-order valence-electron chi connectivity index (χ3n) is 11.3. The summed E-state index contributed by atoms with van der Waals surface area (Å²) in [5.41, 5.74) is 1.34. The SMILES string of the molecule is CC(C)=CCC[C@](C)(O)[C@H]1CCC2[C@@H]1CCC1[C@@]2(C)CC[C@H]2C(C)(C)C(=O)CC[C@]12C. The first-order valence-electron chi connectivity index (χ1n) is 13.2. The average molecular weight is 429 g/mol. The summed E-state index contributed by atoms with van der Waals surface area (Å²) in [6.45, 7) is 16.1. The fourth-order valence-electron chi connectivity index (χ4n) is 9.75. The second-order valence-electron chi connectivity index (χ2n) is 13.5. The Morgan fingerprint density at radius 3 is 2.39 bits per heavy atom. The number of Topliss-reactive ketones (excluding diaryl/α,β-unsaturated/α-hetero) is 1. The minimum Gasteiger partial charge on any atom is -0.390 e. The summed E-state index contributed by atoms with van der Waals surface area (Å²) < 4.78 is 0. The Morgan fingerprint density at radius 2 is 1.71 bits per heavy atom. The van der Waals surface area contributed by atoms with Crippen LogP contribution < -0.4 is 0 Å². The maximum absolute atomic E-state index is 12.8. The number of hydrogen-bond acceptors (Lipinski definition) is 2. The summed E-state index contributed by atoms with van der Waals surface area (Å²) in [6, 6.07) is 0. The summed E-state index contributed by atoms with van der Waals surface area (Å²) in [6.07, 6.45) is 13.6. The maximum atomic E-state index is 12.8. The number of carbonyl (C=O) groups excluding carboxylic acids is 1. The smallest absolute Gasteiger partial charge is 0.138 e. The number of allylic oxidation sites excluding steroid dienone is 2. The van der Waals surface area contributed by atoms with E-state index < -0.39 is 5.60 Å². The van der Waals surface area contributed by atoms with E-state index in [9.17, 15) is 9.90 Å². The Labute approximate surface area is 191 Å². The molecule has 0 aromatic carbocycles. The Morgan fingerprint density at radius 1 is 1.00 bits per heavy atom. The first-order valence-corrected chi connectivity index (χ1v) is 13.2. The number of carbonyl (C=O) groups is 1. The van der Waals surface area contributed by atoms with E-state index >= 15 is 0 Å². The first kappa shape index (κ1) is 23.5. The lowest BCUT2D eigenvalue weighted by Gasteiger charge is -2.66. The molecule has 4 aliphatic rings. The molecule has 0 aliphatic heterocycles. The Bertz CT molecular complexity index is 742. The van der Waals surface area contributed by atoms with E-state index in [1.807, 2.05) is 0 Å². The van der Waals surface area contributed by atoms with Gasteiger partial charge >= 0.3 is 0 Å². The monoisotopic (exact) mass is 428 g/mol. The van der Waals surface area contributed by atoms with Crippen molar-refractivity contribution in [2.45, 2.75) is 118 Å². The van der Waals surface area contributed by atoms with Crippen LogP contribution in [0.1, 0.15) is 113 Å². The van der Waals surface area contributed by atoms with Gasteiger partial charge in [0, 0.05) is 11.8 Å². The summed E-state index contributed by atoms with van der Waals surface area (Å²) in [4.78, 5) is 12.8. The van der Waals surface area contributed by atoms with Crippen molar-refractivity contribution >= 4 is 5.78 Å². The Kier molecular flexibility index (Phi) is 5.85. The van der Waals surface area contributed by atoms with Crippen molar-refractivity contribution < 1.29 is 9.90 Å². The third kappa shape index (κ3) is 3.58. The molecule has 4 aliphatic carbocycles. The summed E-state index contributed by atoms with van der Waals surface area (Å²) in [7, 11) is 0. The number of ketones is 1. The molecular weight excluding hydrogens is 380 g/mol. The molecule has 8 atom stereocenters. The topological polar surface area (TPSA) is 37.3 Å². The van der Waals surface area contributed by atoms with Crippen molar-refractivity contribution in [3.63, 3.8) is 0 Å². The van der Waals surface area contributed by atoms with E-state index in [2.05, 4.69) is 54.5 Å². The molecule has 0 aromatic rings. The zero-order valence-electron chi connectivity index (χ0n) is 21.4. The molecule has 0 heterocycles. The van der Waals surface area contributed by atoms with Gasteiger partial charge in [0.05, 0.1) is 5.60 Å². The van der Waals surface area contributed by atoms with E-state index in [0.29, 0.717) is 34.4 Å². The summed E-state index contributed by atoms with van der Waals surface area (Å²) in [5.74, 6) is 3.67. The van der Waals surface area contributed by atoms with Crippen LogP contribution in [0.25, 0.3) is 0 Å². The highest BCUT2D eigenvalue weighted by Crippen LogP contribution is 2.71. The van der Waals surface area contributed by atoms with Crippen LogP contribution in [0.4, 0.5) is 0 Å². The second-order valence-corrected chi connectivity index (χ2v) is 13.5. The van der Waals surface area contributed by atoms with Crippen LogP contribution in [0.3, 0.4) is 0 Å². The molecule has 0 amide bonds. The highest BCUT2D eigenvalue weighted by Gasteiger charge is 2.65. The molecule has 0 saturated heterocycles. The van der Waals surface area contributed by atoms with Crippen LogP contribution in [-0.2, 0) is 4.79 Å². The Balaban J connectivity index is 1.56. The van der Waals surface area contributed by atoms with Gasteiger partial charge in [0.1, 0.15) is 5.78 Å². The molecule has 0 bridgehead atoms. The molecule has 1 N–H and O–H groups in total. The van der Waals surface area contributed by atoms with Gasteiger partial charge in [0.15, 0.2) is 0 Å². The van der Waals surface area contributed by atoms with Gasteiger partial charge < -0.3 is 5.11 Å². The van der Waals surface area contributed by atoms with E-state index in [4.69, 9.17) is 0 Å². The van der Waals surface area contributed by atoms with Gasteiger partial charge in [-0.1, -0.05) is 39.3 Å². The lowest BCUT2D eigenvalue weighted by molar-refractivity contribution is -0.182. The first-order chi connectivity index (χ1) is 14.3. The van der Waals surface area contributed by atoms with Gasteiger partial charge in [-0.3, -0.25) is 4.79 Å². The molecule has 4 rings (SSSR count). The average Bonchev–Trinajstić information content (AvgIpc) is 3.11. The van der Waals surface area contributed by atoms with Crippen molar-refractivity contribution in [1.29, 1.82) is 0 Å². The largest absolute Gasteiger partial charge is 0.390 e. The highest BCUT2D eigenvalue weighted by atomic mass is 16.3. The molecule has 4 saturated carbocycles. The number of aliphatic hydroxyl groups is 1. The zero-order valence-corrected chi connectivity index (χ0v) is 21.4. The van der Waals surface area contributed by atoms with E-state index in [-0.39, 0.29) is 5.41 Å². The molecule has 0 aromatic heterocycles. The van der Waals surface area contributed by atoms with Gasteiger partial charge in [-0.15, -0.1) is 0 Å². The van der Waals surface area contributed by atoms with Crippen LogP contribution >= 0.6 is 0 Å². The fraction of sp³-hybridized carbons (Fsp3) is 0.897. The van der Waals surface area contributed by atoms with Crippen LogP contribution in [-0.4, -0.2) is 16.5 Å². The molecule has 0 radical (unpaired) electrons. The lowest BCUT2D eigenvalue weighted by Crippen LogP contribution is -2.61. The van der Waals surface area contributed by atoms with Crippen LogP contribution in [0.15, 0.2) is 11.6 Å². The molecule has 4 fully saturated rings. The van der Waals surface area contributed by atoms with Crippen molar-refractivity contribution in [3.8, 4) is 0 Å². The van der Waals surface area contributed by atoms with Crippen LogP contribution in [0.2, 0.25) is 0 Å². The molecule has 2 unspecified atom stereocenters. The number of rotatable bonds is 4. The molecular formula is C29H48O2. The second kappa shape index (κ2) is 7.71. The van der Waals surface area contributed by atoms with Gasteiger partial charge in [-0.05, 0) is 119 Å². The van der Waals surface area contributed by atoms with Crippen LogP contribution in [0.5, 0.6) is 0 Å². The van der Waals surface area contributed by atoms with Crippen molar-refractivity contribution in [1.82, 2.24) is 0 Å². The van der Waals surface area contributed by atoms with Gasteiger partial charge in [0.25, 0.3) is 0 Å². The molecule has 2 heteroatoms. The van der Waals surface area contributed by atoms with E-state index in [1.54, 1.807) is 0 Å². The highest BCUT2D eigenvalue weighted by molar-refractivity contribution is 5.85. The van der Waals surface area contributed by atoms with E-state index in [0.717, 1.165) is 37.5 Å². The molecule has 2 nitrogen and oxygen atoms in total. The fourth-order valence-corrected chi connectivity index (χ4v) is 9.75. The minimum atomic E-state index is -0.547. The third-order valence-corrected chi connectivity index (χ3v) is 11.3. The standard InChI is InChI=1S/C29H48O2/c1-19(2)9-8-16-29(7,31)22-12-11-21-20(22)10-13-24-27(21,5)17-14-23-26(3,4)25(30)15-18-28(23,24)6/h9,20-24,31H,8,10-18H2,1-7H3/t20-,21?,22-,23-,24?,27-,28-,29-/m0/s1. The number of hydrogen-bond donors (Lipinski definition) is 1. The van der Waals surface area contributed by atoms with Crippen LogP contribution in [0, 0.1) is 45.8 Å². The van der Waals surface area contributed by atoms with Crippen molar-refractivity contribution in [3.05, 3.63) is 11.6 Å². The molecule has 0 spiro atoms. The maximum Gasteiger partial charge on any atom is 0.138 e. The Hall–Kier alpha value is -0.630. The predicted molar refractivity (Wildman–Crippen MR) is 129 cm³/mol. The minimum absolute atomic E-state index is 0.155. The zero-order chi connectivity index (χ0) is 22.8. The summed E-state index contributed by atoms with van der Waals surface area (Å²) in [5, 5.41) is 11.5. The summed E-state index contributed by atoms with van der Waals surface area (Å²) >= 11 is 0. The normalized spacial score (nSPS) is 45.8. The van der Waals surface area contributed by atoms with Crippen molar-refractivity contribution in [2.75, 3.05) is 0 Å². The molecule has 176 valence electrons. The quantitative estimate of drug-likeness (QED) is 0.475. The van der Waals surface area contributed by atoms with Gasteiger partial charge in [0.2, 0.25) is 0 Å². The lowest BCUT2D eigenvalue weighted by atomic mass is 9.38. The van der Waals surface area contributed by atoms with Gasteiger partial charge in [-0.2, -0.15) is 0 Å². The van der Waals surface area contributed by atoms with E-state index in [1.165, 1.54) is 44.1 Å². The predicted octanol–water partition coefficient (Wildman–Crippen LogP) is 7.35.